The first-order chi connectivity index (χ1) is 7.15. The minimum atomic E-state index is -0.293. The second kappa shape index (κ2) is 9.12. The zero-order chi connectivity index (χ0) is 11.7. The van der Waals surface area contributed by atoms with Crippen LogP contribution < -0.4 is 5.32 Å². The smallest absolute Gasteiger partial charge is 0.320 e. The van der Waals surface area contributed by atoms with E-state index in [1.807, 2.05) is 0 Å². The molecule has 0 radical (unpaired) electrons. The predicted molar refractivity (Wildman–Crippen MR) is 63.3 cm³/mol. The fourth-order valence-corrected chi connectivity index (χ4v) is 1.65. The van der Waals surface area contributed by atoms with E-state index in [0.717, 1.165) is 12.8 Å². The van der Waals surface area contributed by atoms with Crippen molar-refractivity contribution in [2.45, 2.75) is 30.6 Å². The predicted octanol–water partition coefficient (Wildman–Crippen LogP) is 1.33. The van der Waals surface area contributed by atoms with Crippen molar-refractivity contribution >= 4 is 21.9 Å². The number of methoxy groups -OCH3 is 2. The van der Waals surface area contributed by atoms with Gasteiger partial charge in [0.15, 0.2) is 0 Å². The van der Waals surface area contributed by atoms with Gasteiger partial charge in [0, 0.05) is 19.7 Å². The third-order valence-electron chi connectivity index (χ3n) is 2.05. The molecule has 0 spiro atoms. The Labute approximate surface area is 99.8 Å². The summed E-state index contributed by atoms with van der Waals surface area (Å²) < 4.78 is 9.69. The minimum Gasteiger partial charge on any atom is -0.468 e. The van der Waals surface area contributed by atoms with Crippen molar-refractivity contribution < 1.29 is 14.3 Å². The molecule has 2 atom stereocenters. The van der Waals surface area contributed by atoms with Crippen molar-refractivity contribution in [3.63, 3.8) is 0 Å². The van der Waals surface area contributed by atoms with Crippen LogP contribution in [0, 0.1) is 0 Å². The monoisotopic (exact) mass is 281 g/mol. The Kier molecular flexibility index (Phi) is 9.04. The summed E-state index contributed by atoms with van der Waals surface area (Å²) in [6.07, 6.45) is 2.13. The molecule has 0 aliphatic carbocycles. The van der Waals surface area contributed by atoms with Gasteiger partial charge in [-0.1, -0.05) is 29.3 Å². The maximum absolute atomic E-state index is 11.1. The highest BCUT2D eigenvalue weighted by Gasteiger charge is 2.16. The number of nitrogens with one attached hydrogen (secondary N) is 1. The summed E-state index contributed by atoms with van der Waals surface area (Å²) in [7, 11) is 3.06. The van der Waals surface area contributed by atoms with Crippen LogP contribution in [0.15, 0.2) is 0 Å². The van der Waals surface area contributed by atoms with Crippen LogP contribution in [0.1, 0.15) is 19.8 Å². The van der Waals surface area contributed by atoms with E-state index in [4.69, 9.17) is 4.74 Å². The molecule has 0 aliphatic heterocycles. The van der Waals surface area contributed by atoms with Crippen LogP contribution in [0.25, 0.3) is 0 Å². The highest BCUT2D eigenvalue weighted by atomic mass is 79.9. The molecule has 15 heavy (non-hydrogen) atoms. The molecule has 0 fully saturated rings. The van der Waals surface area contributed by atoms with Gasteiger partial charge < -0.3 is 14.8 Å². The summed E-state index contributed by atoms with van der Waals surface area (Å²) in [6.45, 7) is 3.34. The fourth-order valence-electron chi connectivity index (χ4n) is 1.28. The summed E-state index contributed by atoms with van der Waals surface area (Å²) in [6, 6.07) is 0.296. The molecule has 0 rings (SSSR count). The first kappa shape index (κ1) is 14.9. The SMILES string of the molecule is CCCC(COC)NCC(Br)C(=O)OC. The van der Waals surface area contributed by atoms with Gasteiger partial charge in [-0.2, -0.15) is 0 Å². The van der Waals surface area contributed by atoms with Gasteiger partial charge in [0.2, 0.25) is 0 Å². The van der Waals surface area contributed by atoms with Crippen molar-refractivity contribution in [2.24, 2.45) is 0 Å². The largest absolute Gasteiger partial charge is 0.468 e. The lowest BCUT2D eigenvalue weighted by Crippen LogP contribution is -2.39. The Morgan fingerprint density at radius 3 is 2.60 bits per heavy atom. The number of carbonyl (C=O) groups excluding carboxylic acids is 1. The second-order valence-electron chi connectivity index (χ2n) is 3.34. The topological polar surface area (TPSA) is 47.6 Å². The average molecular weight is 282 g/mol. The van der Waals surface area contributed by atoms with E-state index in [0.29, 0.717) is 19.2 Å². The Morgan fingerprint density at radius 1 is 1.47 bits per heavy atom. The molecule has 90 valence electrons. The van der Waals surface area contributed by atoms with Crippen LogP contribution in [0.5, 0.6) is 0 Å². The van der Waals surface area contributed by atoms with E-state index >= 15 is 0 Å². The molecule has 2 unspecified atom stereocenters. The van der Waals surface area contributed by atoms with Gasteiger partial charge in [0.1, 0.15) is 4.83 Å². The molecule has 0 heterocycles. The van der Waals surface area contributed by atoms with Gasteiger partial charge in [-0.25, -0.2) is 0 Å². The Morgan fingerprint density at radius 2 is 2.13 bits per heavy atom. The molecular formula is C10H20BrNO3. The molecule has 5 heteroatoms. The van der Waals surface area contributed by atoms with Gasteiger partial charge in [0.05, 0.1) is 13.7 Å². The van der Waals surface area contributed by atoms with Crippen molar-refractivity contribution in [1.29, 1.82) is 0 Å². The first-order valence-electron chi connectivity index (χ1n) is 5.09. The van der Waals surface area contributed by atoms with Gasteiger partial charge in [-0.3, -0.25) is 4.79 Å². The molecule has 0 aromatic heterocycles. The van der Waals surface area contributed by atoms with E-state index in [1.165, 1.54) is 7.11 Å². The second-order valence-corrected chi connectivity index (χ2v) is 4.45. The zero-order valence-electron chi connectivity index (χ0n) is 9.59. The number of hydrogen-bond acceptors (Lipinski definition) is 4. The van der Waals surface area contributed by atoms with Crippen LogP contribution >= 0.6 is 15.9 Å². The molecule has 0 aromatic carbocycles. The van der Waals surface area contributed by atoms with Gasteiger partial charge >= 0.3 is 5.97 Å². The van der Waals surface area contributed by atoms with E-state index in [1.54, 1.807) is 7.11 Å². The van der Waals surface area contributed by atoms with Crippen molar-refractivity contribution in [1.82, 2.24) is 5.32 Å². The van der Waals surface area contributed by atoms with Crippen molar-refractivity contribution in [3.05, 3.63) is 0 Å². The third kappa shape index (κ3) is 6.87. The molecule has 0 amide bonds. The van der Waals surface area contributed by atoms with Gasteiger partial charge in [0.25, 0.3) is 0 Å². The van der Waals surface area contributed by atoms with Crippen molar-refractivity contribution in [3.8, 4) is 0 Å². The Hall–Kier alpha value is -0.130. The normalized spacial score (nSPS) is 14.7. The highest BCUT2D eigenvalue weighted by molar-refractivity contribution is 9.10. The summed E-state index contributed by atoms with van der Waals surface area (Å²) in [5.41, 5.74) is 0. The van der Waals surface area contributed by atoms with E-state index in [2.05, 4.69) is 32.9 Å². The standard InChI is InChI=1S/C10H20BrNO3/c1-4-5-8(7-14-2)12-6-9(11)10(13)15-3/h8-9,12H,4-7H2,1-3H3. The zero-order valence-corrected chi connectivity index (χ0v) is 11.2. The van der Waals surface area contributed by atoms with Crippen LogP contribution in [-0.2, 0) is 14.3 Å². The number of hydrogen-bond donors (Lipinski definition) is 1. The van der Waals surface area contributed by atoms with E-state index in [9.17, 15) is 4.79 Å². The number of carbonyl (C=O) groups is 1. The molecule has 0 saturated heterocycles. The third-order valence-corrected chi connectivity index (χ3v) is 2.75. The molecule has 0 bridgehead atoms. The first-order valence-corrected chi connectivity index (χ1v) is 6.01. The lowest BCUT2D eigenvalue weighted by Gasteiger charge is -2.18. The molecule has 0 aliphatic rings. The van der Waals surface area contributed by atoms with E-state index < -0.39 is 0 Å². The lowest BCUT2D eigenvalue weighted by molar-refractivity contribution is -0.139. The summed E-state index contributed by atoms with van der Waals surface area (Å²) in [5, 5.41) is 3.26. The Bertz CT molecular complexity index is 172. The number of halogens is 1. The molecule has 4 nitrogen and oxygen atoms in total. The summed E-state index contributed by atoms with van der Waals surface area (Å²) in [5.74, 6) is -0.254. The maximum atomic E-state index is 11.1. The summed E-state index contributed by atoms with van der Waals surface area (Å²) >= 11 is 3.26. The van der Waals surface area contributed by atoms with Crippen LogP contribution in [0.2, 0.25) is 0 Å². The van der Waals surface area contributed by atoms with Gasteiger partial charge in [-0.15, -0.1) is 0 Å². The Balaban J connectivity index is 3.81. The fraction of sp³-hybridized carbons (Fsp3) is 0.900. The van der Waals surface area contributed by atoms with Gasteiger partial charge in [-0.05, 0) is 6.42 Å². The molecular weight excluding hydrogens is 262 g/mol. The minimum absolute atomic E-state index is 0.254. The lowest BCUT2D eigenvalue weighted by atomic mass is 10.2. The number of alkyl halides is 1. The van der Waals surface area contributed by atoms with Crippen LogP contribution in [0.4, 0.5) is 0 Å². The summed E-state index contributed by atoms with van der Waals surface area (Å²) in [4.78, 5) is 10.8. The van der Waals surface area contributed by atoms with Crippen LogP contribution in [-0.4, -0.2) is 44.2 Å². The highest BCUT2D eigenvalue weighted by Crippen LogP contribution is 2.03. The van der Waals surface area contributed by atoms with Crippen LogP contribution in [0.3, 0.4) is 0 Å². The maximum Gasteiger partial charge on any atom is 0.320 e. The van der Waals surface area contributed by atoms with E-state index in [-0.39, 0.29) is 10.8 Å². The molecule has 0 aromatic rings. The average Bonchev–Trinajstić information content (AvgIpc) is 2.25. The number of ether oxygens (including phenoxy) is 2. The number of esters is 1. The van der Waals surface area contributed by atoms with Crippen molar-refractivity contribution in [2.75, 3.05) is 27.4 Å². The number of rotatable bonds is 8. The molecule has 0 saturated carbocycles. The molecule has 1 N–H and O–H groups in total. The quantitative estimate of drug-likeness (QED) is 0.539.